The quantitative estimate of drug-likeness (QED) is 0.153. The van der Waals surface area contributed by atoms with Gasteiger partial charge in [0.25, 0.3) is 11.8 Å². The van der Waals surface area contributed by atoms with Crippen LogP contribution in [0.3, 0.4) is 0 Å². The van der Waals surface area contributed by atoms with Crippen LogP contribution in [0.25, 0.3) is 11.1 Å². The van der Waals surface area contributed by atoms with Gasteiger partial charge in [-0.3, -0.25) is 19.4 Å². The predicted octanol–water partition coefficient (Wildman–Crippen LogP) is 5.92. The van der Waals surface area contributed by atoms with E-state index in [1.165, 1.54) is 21.9 Å². The number of likely N-dealkylation sites (N-methyl/N-ethyl adjacent to an activating group) is 2. The summed E-state index contributed by atoms with van der Waals surface area (Å²) in [6, 6.07) is 48.8. The van der Waals surface area contributed by atoms with Gasteiger partial charge in [0.15, 0.2) is 23.0 Å². The van der Waals surface area contributed by atoms with E-state index in [1.807, 2.05) is 121 Å². The van der Waals surface area contributed by atoms with E-state index in [-0.39, 0.29) is 41.4 Å². The number of guanidine groups is 2. The number of hydrogen-bond donors (Lipinski definition) is 4. The Bertz CT molecular complexity index is 3000. The summed E-state index contributed by atoms with van der Waals surface area (Å²) in [5, 5.41) is 35.5. The maximum absolute atomic E-state index is 13.4. The zero-order valence-electron chi connectivity index (χ0n) is 35.7. The number of nitrogens with zero attached hydrogens (tertiary/aromatic N) is 6. The molecule has 0 saturated heterocycles. The molecule has 0 fully saturated rings. The van der Waals surface area contributed by atoms with Gasteiger partial charge >= 0.3 is 7.12 Å². The number of carbonyl (C=O) groups excluding carboxylic acids is 2. The molecule has 66 heavy (non-hydrogen) atoms. The summed E-state index contributed by atoms with van der Waals surface area (Å²) in [5.74, 6) is 1.38. The summed E-state index contributed by atoms with van der Waals surface area (Å²) in [6.07, 6.45) is 0.173. The van der Waals surface area contributed by atoms with Crippen molar-refractivity contribution < 1.29 is 29.1 Å². The number of rotatable bonds is 4. The van der Waals surface area contributed by atoms with E-state index < -0.39 is 18.2 Å². The monoisotopic (exact) mass is 940 g/mol. The van der Waals surface area contributed by atoms with Crippen LogP contribution in [0, 0.1) is 22.7 Å². The molecule has 4 unspecified atom stereocenters. The maximum Gasteiger partial charge on any atom is 0.489 e. The molecule has 0 aliphatic carbocycles. The smallest absolute Gasteiger partial charge is 0.485 e. The van der Waals surface area contributed by atoms with E-state index >= 15 is 0 Å². The molecule has 6 N–H and O–H groups in total. The van der Waals surface area contributed by atoms with Crippen LogP contribution in [0.1, 0.15) is 58.4 Å². The number of amides is 2. The number of benzene rings is 6. The van der Waals surface area contributed by atoms with Gasteiger partial charge in [-0.15, -0.1) is 0 Å². The molecule has 16 heteroatoms. The number of carbonyl (C=O) groups is 2. The van der Waals surface area contributed by atoms with Gasteiger partial charge in [-0.05, 0) is 70.2 Å². The minimum absolute atomic E-state index is 0.122. The molecule has 4 heterocycles. The Morgan fingerprint density at radius 2 is 1.11 bits per heavy atom. The first-order valence-electron chi connectivity index (χ1n) is 20.8. The molecule has 2 amide bonds. The number of fused-ring (bicyclic) bond motifs is 4. The van der Waals surface area contributed by atoms with Crippen molar-refractivity contribution in [3.8, 4) is 34.8 Å². The summed E-state index contributed by atoms with van der Waals surface area (Å²) >= 11 is 3.47. The van der Waals surface area contributed by atoms with E-state index in [4.69, 9.17) is 36.3 Å². The average molecular weight is 942 g/mol. The molecule has 0 aromatic heterocycles. The Labute approximate surface area is 389 Å². The van der Waals surface area contributed by atoms with Crippen molar-refractivity contribution in [2.75, 3.05) is 14.1 Å². The number of aliphatic imine (C=N–C) groups is 2. The molecule has 6 aromatic rings. The minimum Gasteiger partial charge on any atom is -0.485 e. The zero-order valence-corrected chi connectivity index (χ0v) is 37.3. The van der Waals surface area contributed by atoms with E-state index in [9.17, 15) is 14.9 Å². The van der Waals surface area contributed by atoms with Crippen molar-refractivity contribution in [2.24, 2.45) is 21.5 Å². The summed E-state index contributed by atoms with van der Waals surface area (Å²) < 4.78 is 13.4. The molecule has 4 aliphatic rings. The molecule has 4 aliphatic heterocycles. The zero-order chi connectivity index (χ0) is 46.8. The summed E-state index contributed by atoms with van der Waals surface area (Å²) in [6.45, 7) is 0. The van der Waals surface area contributed by atoms with Gasteiger partial charge < -0.3 is 31.0 Å². The normalized spacial score (nSPS) is 21.0. The number of nitrogens with two attached hydrogens (primary N) is 2. The second-order valence-corrected chi connectivity index (χ2v) is 16.8. The van der Waals surface area contributed by atoms with Crippen LogP contribution in [0.4, 0.5) is 0 Å². The highest BCUT2D eigenvalue weighted by molar-refractivity contribution is 9.10. The first-order chi connectivity index (χ1) is 31.8. The molecule has 14 nitrogen and oxygen atoms in total. The topological polar surface area (TPSA) is 224 Å². The Morgan fingerprint density at radius 3 is 1.58 bits per heavy atom. The average Bonchev–Trinajstić information content (AvgIpc) is 3.69. The molecule has 2 spiro atoms. The molecule has 4 atom stereocenters. The van der Waals surface area contributed by atoms with Crippen molar-refractivity contribution in [1.29, 1.82) is 10.5 Å². The van der Waals surface area contributed by atoms with E-state index in [1.54, 1.807) is 32.3 Å². The Balaban J connectivity index is 0.000000149. The minimum atomic E-state index is -1.56. The van der Waals surface area contributed by atoms with Crippen LogP contribution in [0.2, 0.25) is 0 Å². The fourth-order valence-corrected chi connectivity index (χ4v) is 8.94. The van der Waals surface area contributed by atoms with Gasteiger partial charge in [0.2, 0.25) is 0 Å². The molecular weight excluding hydrogens is 899 g/mol. The first kappa shape index (κ1) is 44.8. The highest BCUT2D eigenvalue weighted by Gasteiger charge is 2.55. The second kappa shape index (κ2) is 18.4. The third-order valence-corrected chi connectivity index (χ3v) is 12.5. The largest absolute Gasteiger partial charge is 0.489 e. The van der Waals surface area contributed by atoms with Gasteiger partial charge in [0.1, 0.15) is 23.7 Å². The van der Waals surface area contributed by atoms with Crippen molar-refractivity contribution in [3.05, 3.63) is 183 Å². The lowest BCUT2D eigenvalue weighted by Crippen LogP contribution is -2.43. The molecule has 10 rings (SSSR count). The molecule has 328 valence electrons. The fraction of sp³-hybridized carbons (Fsp3) is 0.160. The molecule has 6 aromatic carbocycles. The van der Waals surface area contributed by atoms with Gasteiger partial charge in [-0.2, -0.15) is 10.5 Å². The van der Waals surface area contributed by atoms with Crippen molar-refractivity contribution in [2.45, 2.75) is 36.1 Å². The van der Waals surface area contributed by atoms with Crippen LogP contribution >= 0.6 is 15.9 Å². The number of nitriles is 2. The van der Waals surface area contributed by atoms with Gasteiger partial charge in [0.05, 0.1) is 23.3 Å². The van der Waals surface area contributed by atoms with Crippen molar-refractivity contribution in [3.63, 3.8) is 0 Å². The SMILES string of the molecule is CN1C(=O)C2(CC(c3ccccc3)Oc3ccc(-c4ccccc4C#N)cc32)N=C1N.CN1C(=O)C2(CC(c3ccccc3)Oc3ccc(Br)cc32)N=C1N.N#Cc1ccccc1B(O)O. The van der Waals surface area contributed by atoms with Crippen molar-refractivity contribution in [1.82, 2.24) is 9.80 Å². The van der Waals surface area contributed by atoms with Gasteiger partial charge in [-0.25, -0.2) is 9.98 Å². The van der Waals surface area contributed by atoms with Crippen molar-refractivity contribution >= 4 is 52.2 Å². The lowest BCUT2D eigenvalue weighted by atomic mass is 9.77. The number of halogens is 1. The summed E-state index contributed by atoms with van der Waals surface area (Å²) in [7, 11) is 1.73. The summed E-state index contributed by atoms with van der Waals surface area (Å²) in [5.41, 5.74) is 16.0. The summed E-state index contributed by atoms with van der Waals surface area (Å²) in [4.78, 5) is 38.5. The third-order valence-electron chi connectivity index (χ3n) is 12.0. The van der Waals surface area contributed by atoms with Gasteiger partial charge in [0, 0.05) is 42.5 Å². The highest BCUT2D eigenvalue weighted by atomic mass is 79.9. The van der Waals surface area contributed by atoms with Crippen LogP contribution < -0.4 is 26.4 Å². The molecule has 0 saturated carbocycles. The first-order valence-corrected chi connectivity index (χ1v) is 21.6. The lowest BCUT2D eigenvalue weighted by Gasteiger charge is -2.37. The van der Waals surface area contributed by atoms with Crippen LogP contribution in [0.15, 0.2) is 160 Å². The van der Waals surface area contributed by atoms with Gasteiger partial charge in [-0.1, -0.05) is 119 Å². The van der Waals surface area contributed by atoms with Crippen LogP contribution in [0.5, 0.6) is 11.5 Å². The lowest BCUT2D eigenvalue weighted by molar-refractivity contribution is -0.133. The molecular formula is C50H42BBrN8O6. The second-order valence-electron chi connectivity index (χ2n) is 15.9. The van der Waals surface area contributed by atoms with E-state index in [2.05, 4.69) is 32.0 Å². The Hall–Kier alpha value is -7.76. The highest BCUT2D eigenvalue weighted by Crippen LogP contribution is 2.52. The number of ether oxygens (including phenoxy) is 2. The van der Waals surface area contributed by atoms with Crippen LogP contribution in [-0.2, 0) is 20.7 Å². The maximum atomic E-state index is 13.4. The van der Waals surface area contributed by atoms with E-state index in [0.717, 1.165) is 32.3 Å². The van der Waals surface area contributed by atoms with Crippen LogP contribution in [-0.4, -0.2) is 64.8 Å². The predicted molar refractivity (Wildman–Crippen MR) is 253 cm³/mol. The van der Waals surface area contributed by atoms with E-state index in [0.29, 0.717) is 41.0 Å². The number of hydrogen-bond acceptors (Lipinski definition) is 12. The Kier molecular flexibility index (Phi) is 12.5. The molecule has 0 radical (unpaired) electrons. The fourth-order valence-electron chi connectivity index (χ4n) is 8.58. The molecule has 0 bridgehead atoms. The standard InChI is InChI=1S/C25H20N4O2.C18H16BrN3O2.C7H6BNO2/c1-29-23(30)25(28-24(29)27)14-22(16-7-3-2-4-8-16)31-21-12-11-17(13-20(21)25)19-10-6-5-9-18(19)15-26;1-22-16(23)18(21-17(22)20)10-15(11-5-3-2-4-6-11)24-14-8-7-12(19)9-13(14)18;9-5-6-3-1-2-4-7(6)8(10)11/h2-13,22H,14H2,1H3,(H2,27,28);2-9,15H,10H2,1H3,(H2,20,21);1-4,10-11H. The Morgan fingerprint density at radius 1 is 0.652 bits per heavy atom. The third kappa shape index (κ3) is 8.25.